The highest BCUT2D eigenvalue weighted by atomic mass is 16.5. The van der Waals surface area contributed by atoms with Gasteiger partial charge in [-0.25, -0.2) is 0 Å². The van der Waals surface area contributed by atoms with Gasteiger partial charge in [0, 0.05) is 0 Å². The van der Waals surface area contributed by atoms with E-state index in [4.69, 9.17) is 19.5 Å². The second-order valence-electron chi connectivity index (χ2n) is 4.09. The molecule has 4 nitrogen and oxygen atoms in total. The maximum Gasteiger partial charge on any atom is 0.161 e. The number of nitriles is 1. The summed E-state index contributed by atoms with van der Waals surface area (Å²) >= 11 is 0. The molecule has 0 aliphatic rings. The monoisotopic (exact) mass is 269 g/mol. The molecule has 0 spiro atoms. The summed E-state index contributed by atoms with van der Waals surface area (Å²) in [5, 5.41) is 9.00. The fourth-order valence-corrected chi connectivity index (χ4v) is 1.82. The first kappa shape index (κ1) is 13.8. The minimum Gasteiger partial charge on any atom is -0.493 e. The molecular weight excluding hydrogens is 254 g/mol. The van der Waals surface area contributed by atoms with Gasteiger partial charge in [0.05, 0.1) is 19.8 Å². The van der Waals surface area contributed by atoms with Gasteiger partial charge in [-0.05, 0) is 29.8 Å². The average molecular weight is 269 g/mol. The van der Waals surface area contributed by atoms with Gasteiger partial charge in [0.2, 0.25) is 0 Å². The van der Waals surface area contributed by atoms with Crippen molar-refractivity contribution in [2.24, 2.45) is 0 Å². The number of benzene rings is 2. The molecule has 0 saturated carbocycles. The molecule has 4 heteroatoms. The lowest BCUT2D eigenvalue weighted by Crippen LogP contribution is -1.98. The smallest absolute Gasteiger partial charge is 0.161 e. The van der Waals surface area contributed by atoms with Gasteiger partial charge in [-0.1, -0.05) is 18.2 Å². The van der Waals surface area contributed by atoms with Crippen molar-refractivity contribution in [1.82, 2.24) is 0 Å². The van der Waals surface area contributed by atoms with E-state index >= 15 is 0 Å². The largest absolute Gasteiger partial charge is 0.493 e. The van der Waals surface area contributed by atoms with Crippen molar-refractivity contribution in [2.75, 3.05) is 14.2 Å². The van der Waals surface area contributed by atoms with E-state index in [0.29, 0.717) is 29.4 Å². The molecule has 0 N–H and O–H groups in total. The molecule has 2 aromatic rings. The highest BCUT2D eigenvalue weighted by molar-refractivity contribution is 5.44. The highest BCUT2D eigenvalue weighted by Crippen LogP contribution is 2.28. The van der Waals surface area contributed by atoms with Gasteiger partial charge in [-0.2, -0.15) is 5.26 Å². The molecule has 0 aliphatic heterocycles. The Balaban J connectivity index is 2.13. The summed E-state index contributed by atoms with van der Waals surface area (Å²) < 4.78 is 16.1. The maximum atomic E-state index is 9.00. The third kappa shape index (κ3) is 3.01. The fraction of sp³-hybridized carbons (Fsp3) is 0.188. The van der Waals surface area contributed by atoms with Crippen molar-refractivity contribution >= 4 is 0 Å². The Hall–Kier alpha value is -2.67. The molecule has 0 heterocycles. The Morgan fingerprint density at radius 3 is 2.40 bits per heavy atom. The van der Waals surface area contributed by atoms with Crippen molar-refractivity contribution in [3.05, 3.63) is 53.6 Å². The second-order valence-corrected chi connectivity index (χ2v) is 4.09. The van der Waals surface area contributed by atoms with Crippen molar-refractivity contribution < 1.29 is 14.2 Å². The number of para-hydroxylation sites is 1. The summed E-state index contributed by atoms with van der Waals surface area (Å²) in [6, 6.07) is 14.8. The van der Waals surface area contributed by atoms with E-state index < -0.39 is 0 Å². The summed E-state index contributed by atoms with van der Waals surface area (Å²) in [4.78, 5) is 0. The van der Waals surface area contributed by atoms with Gasteiger partial charge in [0.25, 0.3) is 0 Å². The lowest BCUT2D eigenvalue weighted by atomic mass is 10.2. The summed E-state index contributed by atoms with van der Waals surface area (Å²) in [7, 11) is 3.19. The average Bonchev–Trinajstić information content (AvgIpc) is 2.52. The van der Waals surface area contributed by atoms with E-state index in [2.05, 4.69) is 6.07 Å². The normalized spacial score (nSPS) is 9.65. The molecule has 102 valence electrons. The summed E-state index contributed by atoms with van der Waals surface area (Å²) in [5.74, 6) is 1.90. The Bertz CT molecular complexity index is 632. The van der Waals surface area contributed by atoms with Crippen LogP contribution in [-0.4, -0.2) is 14.2 Å². The third-order valence-electron chi connectivity index (χ3n) is 2.85. The zero-order valence-electron chi connectivity index (χ0n) is 11.4. The second kappa shape index (κ2) is 6.48. The van der Waals surface area contributed by atoms with Gasteiger partial charge in [0.1, 0.15) is 18.4 Å². The number of ether oxygens (including phenoxy) is 3. The molecule has 2 rings (SSSR count). The van der Waals surface area contributed by atoms with E-state index in [1.165, 1.54) is 0 Å². The maximum absolute atomic E-state index is 9.00. The molecule has 0 fully saturated rings. The number of hydrogen-bond acceptors (Lipinski definition) is 4. The predicted octanol–water partition coefficient (Wildman–Crippen LogP) is 3.15. The molecule has 20 heavy (non-hydrogen) atoms. The van der Waals surface area contributed by atoms with Gasteiger partial charge in [-0.15, -0.1) is 0 Å². The Kier molecular flexibility index (Phi) is 4.46. The molecule has 0 saturated heterocycles. The Labute approximate surface area is 118 Å². The van der Waals surface area contributed by atoms with E-state index in [1.54, 1.807) is 26.4 Å². The first-order chi connectivity index (χ1) is 9.78. The van der Waals surface area contributed by atoms with Crippen LogP contribution in [0.5, 0.6) is 17.2 Å². The molecule has 0 bridgehead atoms. The molecular formula is C16H15NO3. The standard InChI is InChI=1S/C16H15NO3/c1-18-15-8-7-12(9-16(15)19-2)11-20-14-6-4-3-5-13(14)10-17/h3-9H,11H2,1-2H3. The highest BCUT2D eigenvalue weighted by Gasteiger charge is 2.06. The SMILES string of the molecule is COc1ccc(COc2ccccc2C#N)cc1OC. The van der Waals surface area contributed by atoms with Crippen LogP contribution in [0.2, 0.25) is 0 Å². The van der Waals surface area contributed by atoms with Crippen molar-refractivity contribution in [2.45, 2.75) is 6.61 Å². The quantitative estimate of drug-likeness (QED) is 0.836. The van der Waals surface area contributed by atoms with Crippen molar-refractivity contribution in [1.29, 1.82) is 5.26 Å². The van der Waals surface area contributed by atoms with Gasteiger partial charge < -0.3 is 14.2 Å². The van der Waals surface area contributed by atoms with Crippen LogP contribution < -0.4 is 14.2 Å². The fourth-order valence-electron chi connectivity index (χ4n) is 1.82. The van der Waals surface area contributed by atoms with Crippen LogP contribution in [0, 0.1) is 11.3 Å². The topological polar surface area (TPSA) is 51.5 Å². The molecule has 0 amide bonds. The summed E-state index contributed by atoms with van der Waals surface area (Å²) in [6.45, 7) is 0.360. The Morgan fingerprint density at radius 1 is 0.950 bits per heavy atom. The summed E-state index contributed by atoms with van der Waals surface area (Å²) in [6.07, 6.45) is 0. The number of rotatable bonds is 5. The molecule has 2 aromatic carbocycles. The van der Waals surface area contributed by atoms with E-state index in [0.717, 1.165) is 5.56 Å². The lowest BCUT2D eigenvalue weighted by molar-refractivity contribution is 0.303. The van der Waals surface area contributed by atoms with Crippen LogP contribution in [-0.2, 0) is 6.61 Å². The van der Waals surface area contributed by atoms with Crippen LogP contribution in [0.15, 0.2) is 42.5 Å². The van der Waals surface area contributed by atoms with Crippen LogP contribution in [0.4, 0.5) is 0 Å². The van der Waals surface area contributed by atoms with Crippen molar-refractivity contribution in [3.8, 4) is 23.3 Å². The number of methoxy groups -OCH3 is 2. The first-order valence-corrected chi connectivity index (χ1v) is 6.11. The van der Waals surface area contributed by atoms with Crippen LogP contribution in [0.3, 0.4) is 0 Å². The molecule has 0 unspecified atom stereocenters. The number of hydrogen-bond donors (Lipinski definition) is 0. The van der Waals surface area contributed by atoms with Crippen molar-refractivity contribution in [3.63, 3.8) is 0 Å². The Morgan fingerprint density at radius 2 is 1.70 bits per heavy atom. The van der Waals surface area contributed by atoms with Gasteiger partial charge in [0.15, 0.2) is 11.5 Å². The lowest BCUT2D eigenvalue weighted by Gasteiger charge is -2.11. The van der Waals surface area contributed by atoms with E-state index in [-0.39, 0.29) is 0 Å². The third-order valence-corrected chi connectivity index (χ3v) is 2.85. The molecule has 0 radical (unpaired) electrons. The van der Waals surface area contributed by atoms with Crippen LogP contribution >= 0.6 is 0 Å². The van der Waals surface area contributed by atoms with Gasteiger partial charge >= 0.3 is 0 Å². The molecule has 0 atom stereocenters. The predicted molar refractivity (Wildman–Crippen MR) is 75.0 cm³/mol. The molecule has 0 aromatic heterocycles. The van der Waals surface area contributed by atoms with Crippen LogP contribution in [0.1, 0.15) is 11.1 Å². The van der Waals surface area contributed by atoms with Crippen LogP contribution in [0.25, 0.3) is 0 Å². The van der Waals surface area contributed by atoms with E-state index in [1.807, 2.05) is 30.3 Å². The number of nitrogens with zero attached hydrogens (tertiary/aromatic N) is 1. The zero-order valence-corrected chi connectivity index (χ0v) is 11.4. The first-order valence-electron chi connectivity index (χ1n) is 6.11. The summed E-state index contributed by atoms with van der Waals surface area (Å²) in [5.41, 5.74) is 1.46. The van der Waals surface area contributed by atoms with Gasteiger partial charge in [-0.3, -0.25) is 0 Å². The van der Waals surface area contributed by atoms with E-state index in [9.17, 15) is 0 Å². The minimum absolute atomic E-state index is 0.360. The zero-order chi connectivity index (χ0) is 14.4. The minimum atomic E-state index is 0.360. The molecule has 0 aliphatic carbocycles.